The molecule has 154 valence electrons. The van der Waals surface area contributed by atoms with Crippen LogP contribution in [0.15, 0.2) is 58.1 Å². The number of allylic oxidation sites excluding steroid dienone is 1. The van der Waals surface area contributed by atoms with Gasteiger partial charge in [-0.05, 0) is 75.2 Å². The van der Waals surface area contributed by atoms with Crippen LogP contribution in [0.4, 0.5) is 5.69 Å². The van der Waals surface area contributed by atoms with Gasteiger partial charge in [-0.25, -0.2) is 5.43 Å². The molecule has 2 heterocycles. The maximum absolute atomic E-state index is 12.4. The second-order valence-electron chi connectivity index (χ2n) is 7.99. The summed E-state index contributed by atoms with van der Waals surface area (Å²) in [5, 5.41) is 5.47. The van der Waals surface area contributed by atoms with Crippen LogP contribution in [0.5, 0.6) is 0 Å². The second kappa shape index (κ2) is 7.65. The van der Waals surface area contributed by atoms with E-state index >= 15 is 0 Å². The van der Waals surface area contributed by atoms with E-state index in [1.54, 1.807) is 30.5 Å². The molecule has 1 N–H and O–H groups in total. The minimum Gasteiger partial charge on any atom is -0.451 e. The Kier molecular flexibility index (Phi) is 5.16. The van der Waals surface area contributed by atoms with Crippen LogP contribution in [-0.2, 0) is 0 Å². The van der Waals surface area contributed by atoms with Gasteiger partial charge in [-0.2, -0.15) is 5.10 Å². The molecule has 0 fully saturated rings. The number of furan rings is 1. The summed E-state index contributed by atoms with van der Waals surface area (Å²) in [6.45, 7) is 9.66. The molecule has 4 rings (SSSR count). The summed E-state index contributed by atoms with van der Waals surface area (Å²) in [4.78, 5) is 14.7. The highest BCUT2D eigenvalue weighted by atomic mass is 35.5. The van der Waals surface area contributed by atoms with E-state index in [1.165, 1.54) is 16.8 Å². The first-order valence-corrected chi connectivity index (χ1v) is 10.3. The van der Waals surface area contributed by atoms with Gasteiger partial charge in [-0.1, -0.05) is 23.7 Å². The van der Waals surface area contributed by atoms with Crippen molar-refractivity contribution in [1.82, 2.24) is 5.43 Å². The first-order valence-electron chi connectivity index (χ1n) is 9.92. The van der Waals surface area contributed by atoms with Crippen molar-refractivity contribution in [1.29, 1.82) is 0 Å². The minimum atomic E-state index is -0.411. The van der Waals surface area contributed by atoms with E-state index < -0.39 is 5.91 Å². The summed E-state index contributed by atoms with van der Waals surface area (Å²) in [5.74, 6) is -0.221. The molecule has 30 heavy (non-hydrogen) atoms. The number of carbonyl (C=O) groups excluding carboxylic acids is 1. The molecular weight excluding hydrogens is 398 g/mol. The summed E-state index contributed by atoms with van der Waals surface area (Å²) in [6, 6.07) is 13.1. The number of hydrazone groups is 1. The number of nitrogens with one attached hydrogen (secondary N) is 1. The van der Waals surface area contributed by atoms with Crippen molar-refractivity contribution in [3.8, 4) is 0 Å². The molecule has 0 bridgehead atoms. The van der Waals surface area contributed by atoms with Gasteiger partial charge in [0.1, 0.15) is 5.58 Å². The lowest BCUT2D eigenvalue weighted by molar-refractivity contribution is 0.0929. The first-order chi connectivity index (χ1) is 14.3. The van der Waals surface area contributed by atoms with E-state index in [9.17, 15) is 4.79 Å². The number of carbonyl (C=O) groups is 1. The van der Waals surface area contributed by atoms with E-state index in [2.05, 4.69) is 61.3 Å². The number of fused-ring (bicyclic) bond motifs is 2. The number of rotatable bonds is 4. The van der Waals surface area contributed by atoms with Crippen LogP contribution in [0, 0.1) is 0 Å². The van der Waals surface area contributed by atoms with Gasteiger partial charge in [0, 0.05) is 28.2 Å². The van der Waals surface area contributed by atoms with Crippen molar-refractivity contribution < 1.29 is 9.21 Å². The lowest BCUT2D eigenvalue weighted by atomic mass is 9.88. The average molecular weight is 422 g/mol. The highest BCUT2D eigenvalue weighted by Crippen LogP contribution is 2.38. The number of hydrogen-bond acceptors (Lipinski definition) is 4. The van der Waals surface area contributed by atoms with E-state index in [-0.39, 0.29) is 11.3 Å². The summed E-state index contributed by atoms with van der Waals surface area (Å²) in [5.41, 5.74) is 7.65. The zero-order valence-corrected chi connectivity index (χ0v) is 18.2. The fourth-order valence-corrected chi connectivity index (χ4v) is 4.29. The van der Waals surface area contributed by atoms with Crippen molar-refractivity contribution in [3.05, 3.63) is 70.5 Å². The normalized spacial score (nSPS) is 15.4. The molecule has 1 amide bonds. The number of nitrogens with zero attached hydrogens (tertiary/aromatic N) is 2. The molecule has 0 saturated heterocycles. The molecule has 1 aliphatic rings. The molecule has 0 radical (unpaired) electrons. The molecule has 2 aromatic carbocycles. The summed E-state index contributed by atoms with van der Waals surface area (Å²) in [6.07, 6.45) is 3.93. The van der Waals surface area contributed by atoms with Crippen molar-refractivity contribution in [2.24, 2.45) is 5.10 Å². The Hall–Kier alpha value is -3.05. The Labute approximate surface area is 181 Å². The van der Waals surface area contributed by atoms with Gasteiger partial charge in [0.2, 0.25) is 0 Å². The average Bonchev–Trinajstić information content (AvgIpc) is 3.11. The Morgan fingerprint density at radius 1 is 1.23 bits per heavy atom. The lowest BCUT2D eigenvalue weighted by Crippen LogP contribution is -2.44. The maximum Gasteiger partial charge on any atom is 0.307 e. The zero-order valence-electron chi connectivity index (χ0n) is 17.5. The summed E-state index contributed by atoms with van der Waals surface area (Å²) < 4.78 is 5.56. The highest BCUT2D eigenvalue weighted by Gasteiger charge is 2.29. The SMILES string of the molecule is CCN1c2ccc(/C=N/NC(=O)c3cc4cc(Cl)ccc4o3)cc2C(C)=CC1(C)C. The standard InChI is InChI=1S/C24H24ClN3O2/c1-5-28-20-8-6-16(10-19(20)15(2)13-24(28,3)4)14-26-27-23(29)22-12-17-11-18(25)7-9-21(17)30-22/h6-14H,5H2,1-4H3,(H,27,29)/b26-14+. The molecule has 6 heteroatoms. The van der Waals surface area contributed by atoms with Gasteiger partial charge in [-0.3, -0.25) is 4.79 Å². The molecule has 1 aromatic heterocycles. The highest BCUT2D eigenvalue weighted by molar-refractivity contribution is 6.31. The van der Waals surface area contributed by atoms with E-state index in [0.29, 0.717) is 10.6 Å². The van der Waals surface area contributed by atoms with Gasteiger partial charge < -0.3 is 9.32 Å². The molecular formula is C24H24ClN3O2. The zero-order chi connectivity index (χ0) is 21.5. The molecule has 5 nitrogen and oxygen atoms in total. The minimum absolute atomic E-state index is 0.0216. The predicted octanol–water partition coefficient (Wildman–Crippen LogP) is 5.87. The Balaban J connectivity index is 1.52. The van der Waals surface area contributed by atoms with Crippen LogP contribution < -0.4 is 10.3 Å². The molecule has 0 saturated carbocycles. The van der Waals surface area contributed by atoms with Crippen LogP contribution in [0.3, 0.4) is 0 Å². The number of likely N-dealkylation sites (N-methyl/N-ethyl adjacent to an activating group) is 1. The fourth-order valence-electron chi connectivity index (χ4n) is 4.11. The third kappa shape index (κ3) is 3.73. The molecule has 1 aliphatic heterocycles. The number of benzene rings is 2. The first kappa shape index (κ1) is 20.2. The molecule has 3 aromatic rings. The van der Waals surface area contributed by atoms with Crippen LogP contribution in [0.25, 0.3) is 16.5 Å². The van der Waals surface area contributed by atoms with Crippen molar-refractivity contribution >= 4 is 46.0 Å². The van der Waals surface area contributed by atoms with Crippen molar-refractivity contribution in [2.75, 3.05) is 11.4 Å². The molecule has 0 aliphatic carbocycles. The summed E-state index contributed by atoms with van der Waals surface area (Å²) >= 11 is 5.98. The van der Waals surface area contributed by atoms with Gasteiger partial charge in [-0.15, -0.1) is 0 Å². The third-order valence-corrected chi connectivity index (χ3v) is 5.63. The summed E-state index contributed by atoms with van der Waals surface area (Å²) in [7, 11) is 0. The van der Waals surface area contributed by atoms with Crippen LogP contribution in [-0.4, -0.2) is 24.2 Å². The molecule has 0 unspecified atom stereocenters. The maximum atomic E-state index is 12.4. The third-order valence-electron chi connectivity index (χ3n) is 5.40. The second-order valence-corrected chi connectivity index (χ2v) is 8.43. The number of hydrogen-bond donors (Lipinski definition) is 1. The van der Waals surface area contributed by atoms with Gasteiger partial charge in [0.15, 0.2) is 5.76 Å². The van der Waals surface area contributed by atoms with Gasteiger partial charge in [0.05, 0.1) is 11.8 Å². The van der Waals surface area contributed by atoms with E-state index in [4.69, 9.17) is 16.0 Å². The Bertz CT molecular complexity index is 1190. The van der Waals surface area contributed by atoms with E-state index in [0.717, 1.165) is 17.5 Å². The van der Waals surface area contributed by atoms with Crippen LogP contribution in [0.2, 0.25) is 5.02 Å². The van der Waals surface area contributed by atoms with Crippen LogP contribution >= 0.6 is 11.6 Å². The quantitative estimate of drug-likeness (QED) is 0.423. The Morgan fingerprint density at radius 3 is 2.80 bits per heavy atom. The number of amides is 1. The van der Waals surface area contributed by atoms with Crippen LogP contribution in [0.1, 0.15) is 49.4 Å². The lowest BCUT2D eigenvalue weighted by Gasteiger charge is -2.42. The van der Waals surface area contributed by atoms with Gasteiger partial charge in [0.25, 0.3) is 0 Å². The molecule has 0 spiro atoms. The number of halogens is 1. The fraction of sp³-hybridized carbons (Fsp3) is 0.250. The molecule has 0 atom stereocenters. The van der Waals surface area contributed by atoms with Crippen molar-refractivity contribution in [2.45, 2.75) is 33.2 Å². The van der Waals surface area contributed by atoms with Gasteiger partial charge >= 0.3 is 5.91 Å². The largest absolute Gasteiger partial charge is 0.451 e. The Morgan fingerprint density at radius 2 is 2.03 bits per heavy atom. The monoisotopic (exact) mass is 421 g/mol. The predicted molar refractivity (Wildman–Crippen MR) is 123 cm³/mol. The smallest absolute Gasteiger partial charge is 0.307 e. The number of anilines is 1. The topological polar surface area (TPSA) is 57.8 Å². The van der Waals surface area contributed by atoms with E-state index in [1.807, 2.05) is 6.07 Å². The van der Waals surface area contributed by atoms with Crippen molar-refractivity contribution in [3.63, 3.8) is 0 Å².